The highest BCUT2D eigenvalue weighted by molar-refractivity contribution is 9.09. The Morgan fingerprint density at radius 3 is 2.81 bits per heavy atom. The molecule has 4 rings (SSSR count). The molecule has 4 aliphatic rings. The summed E-state index contributed by atoms with van der Waals surface area (Å²) in [6.07, 6.45) is 7.39. The normalized spacial score (nSPS) is 50.3. The molecule has 0 radical (unpaired) electrons. The van der Waals surface area contributed by atoms with Crippen LogP contribution in [-0.2, 0) is 9.53 Å². The van der Waals surface area contributed by atoms with Crippen LogP contribution in [0.5, 0.6) is 0 Å². The highest BCUT2D eigenvalue weighted by Crippen LogP contribution is 2.62. The van der Waals surface area contributed by atoms with Gasteiger partial charge in [-0.2, -0.15) is 0 Å². The number of ether oxygens (including phenoxy) is 1. The number of halogens is 1. The van der Waals surface area contributed by atoms with Gasteiger partial charge in [0.1, 0.15) is 6.10 Å². The fraction of sp³-hybridized carbons (Fsp3) is 0.857. The Balaban J connectivity index is 1.61. The highest BCUT2D eigenvalue weighted by atomic mass is 79.9. The predicted molar refractivity (Wildman–Crippen MR) is 103 cm³/mol. The molecule has 3 fully saturated rings. The maximum atomic E-state index is 11.9. The van der Waals surface area contributed by atoms with E-state index in [1.54, 1.807) is 0 Å². The first-order valence-electron chi connectivity index (χ1n) is 10.3. The van der Waals surface area contributed by atoms with Crippen molar-refractivity contribution >= 4 is 21.9 Å². The van der Waals surface area contributed by atoms with Gasteiger partial charge in [0.2, 0.25) is 0 Å². The summed E-state index contributed by atoms with van der Waals surface area (Å²) in [6.45, 7) is 4.19. The summed E-state index contributed by atoms with van der Waals surface area (Å²) >= 11 is 3.77. The van der Waals surface area contributed by atoms with Gasteiger partial charge in [-0.1, -0.05) is 41.4 Å². The van der Waals surface area contributed by atoms with Gasteiger partial charge in [-0.05, 0) is 61.7 Å². The van der Waals surface area contributed by atoms with E-state index in [0.717, 1.165) is 32.1 Å². The molecule has 0 saturated heterocycles. The van der Waals surface area contributed by atoms with Crippen molar-refractivity contribution in [1.29, 1.82) is 0 Å². The monoisotopic (exact) mass is 426 g/mol. The van der Waals surface area contributed by atoms with E-state index in [1.807, 2.05) is 6.92 Å². The number of hydrogen-bond acceptors (Lipinski definition) is 4. The Bertz CT molecular complexity index is 605. The number of aliphatic hydroxyl groups excluding tert-OH is 2. The third kappa shape index (κ3) is 2.89. The molecule has 4 nitrogen and oxygen atoms in total. The van der Waals surface area contributed by atoms with Gasteiger partial charge < -0.3 is 14.9 Å². The van der Waals surface area contributed by atoms with Crippen LogP contribution < -0.4 is 0 Å². The molecule has 0 bridgehead atoms. The van der Waals surface area contributed by atoms with E-state index >= 15 is 0 Å². The van der Waals surface area contributed by atoms with E-state index in [4.69, 9.17) is 4.74 Å². The van der Waals surface area contributed by atoms with Gasteiger partial charge >= 0.3 is 5.97 Å². The van der Waals surface area contributed by atoms with E-state index in [0.29, 0.717) is 30.6 Å². The third-order valence-corrected chi connectivity index (χ3v) is 8.82. The summed E-state index contributed by atoms with van der Waals surface area (Å²) in [7, 11) is 0. The standard InChI is InChI=1S/C21H31BrO4/c1-3-18(25)26-20-13-4-5-15-19(14(13)10-16(20)22)17(24)9-11-8-12(23)6-7-21(11,15)2/h9,12-17,19-20,23-24H,3-8,10H2,1-2H3/t12-,13-,14?,15?,16+,17-,19?,20+,21-/m0/s1. The van der Waals surface area contributed by atoms with E-state index in [1.165, 1.54) is 5.57 Å². The largest absolute Gasteiger partial charge is 0.461 e. The molecule has 3 saturated carbocycles. The minimum absolute atomic E-state index is 0.0630. The first kappa shape index (κ1) is 18.9. The van der Waals surface area contributed by atoms with Crippen molar-refractivity contribution in [2.75, 3.05) is 0 Å². The second kappa shape index (κ2) is 6.89. The molecule has 2 N–H and O–H groups in total. The maximum Gasteiger partial charge on any atom is 0.305 e. The van der Waals surface area contributed by atoms with Gasteiger partial charge in [-0.25, -0.2) is 0 Å². The van der Waals surface area contributed by atoms with Crippen LogP contribution in [0.25, 0.3) is 0 Å². The smallest absolute Gasteiger partial charge is 0.305 e. The van der Waals surface area contributed by atoms with Gasteiger partial charge in [0, 0.05) is 12.3 Å². The van der Waals surface area contributed by atoms with Crippen LogP contribution in [0.1, 0.15) is 58.8 Å². The van der Waals surface area contributed by atoms with Crippen LogP contribution in [-0.4, -0.2) is 39.3 Å². The van der Waals surface area contributed by atoms with Crippen LogP contribution in [0, 0.1) is 29.1 Å². The Labute approximate surface area is 164 Å². The van der Waals surface area contributed by atoms with Crippen molar-refractivity contribution in [2.24, 2.45) is 29.1 Å². The zero-order valence-electron chi connectivity index (χ0n) is 15.7. The second-order valence-corrected chi connectivity index (χ2v) is 10.3. The molecular weight excluding hydrogens is 396 g/mol. The van der Waals surface area contributed by atoms with Crippen molar-refractivity contribution in [2.45, 2.75) is 81.9 Å². The average Bonchev–Trinajstić information content (AvgIpc) is 2.92. The Kier molecular flexibility index (Phi) is 5.02. The van der Waals surface area contributed by atoms with Crippen molar-refractivity contribution in [1.82, 2.24) is 0 Å². The lowest BCUT2D eigenvalue weighted by atomic mass is 9.50. The molecule has 0 heterocycles. The molecule has 0 spiro atoms. The first-order valence-corrected chi connectivity index (χ1v) is 11.2. The van der Waals surface area contributed by atoms with Crippen LogP contribution in [0.4, 0.5) is 0 Å². The van der Waals surface area contributed by atoms with E-state index < -0.39 is 6.10 Å². The second-order valence-electron chi connectivity index (χ2n) is 9.15. The fourth-order valence-corrected chi connectivity index (χ4v) is 7.54. The minimum Gasteiger partial charge on any atom is -0.461 e. The lowest BCUT2D eigenvalue weighted by molar-refractivity contribution is -0.152. The molecule has 5 heteroatoms. The van der Waals surface area contributed by atoms with Crippen LogP contribution in [0.2, 0.25) is 0 Å². The van der Waals surface area contributed by atoms with Gasteiger partial charge in [0.25, 0.3) is 0 Å². The zero-order valence-corrected chi connectivity index (χ0v) is 17.3. The Hall–Kier alpha value is -0.390. The summed E-state index contributed by atoms with van der Waals surface area (Å²) < 4.78 is 5.79. The lowest BCUT2D eigenvalue weighted by Gasteiger charge is -2.56. The molecule has 3 unspecified atom stereocenters. The van der Waals surface area contributed by atoms with Crippen LogP contribution in [0.15, 0.2) is 11.6 Å². The predicted octanol–water partition coefficient (Wildman–Crippen LogP) is 3.59. The number of carbonyl (C=O) groups is 1. The number of aliphatic hydroxyl groups is 2. The molecule has 0 aromatic heterocycles. The van der Waals surface area contributed by atoms with Gasteiger partial charge in [-0.15, -0.1) is 0 Å². The molecule has 9 atom stereocenters. The Morgan fingerprint density at radius 2 is 2.08 bits per heavy atom. The summed E-state index contributed by atoms with van der Waals surface area (Å²) in [5.41, 5.74) is 1.37. The number of carbonyl (C=O) groups excluding carboxylic acids is 1. The third-order valence-electron chi connectivity index (χ3n) is 7.92. The molecule has 0 aromatic rings. The van der Waals surface area contributed by atoms with E-state index in [2.05, 4.69) is 28.9 Å². The molecular formula is C21H31BrO4. The van der Waals surface area contributed by atoms with Gasteiger partial charge in [0.15, 0.2) is 0 Å². The molecule has 4 aliphatic carbocycles. The molecule has 146 valence electrons. The number of esters is 1. The molecule has 0 amide bonds. The Morgan fingerprint density at radius 1 is 1.31 bits per heavy atom. The van der Waals surface area contributed by atoms with Crippen molar-refractivity contribution in [3.8, 4) is 0 Å². The quantitative estimate of drug-likeness (QED) is 0.402. The van der Waals surface area contributed by atoms with Gasteiger partial charge in [-0.3, -0.25) is 4.79 Å². The summed E-state index contributed by atoms with van der Waals surface area (Å²) in [5, 5.41) is 21.1. The van der Waals surface area contributed by atoms with E-state index in [9.17, 15) is 15.0 Å². The summed E-state index contributed by atoms with van der Waals surface area (Å²) in [4.78, 5) is 12.1. The van der Waals surface area contributed by atoms with Gasteiger partial charge in [0.05, 0.1) is 17.0 Å². The molecule has 26 heavy (non-hydrogen) atoms. The summed E-state index contributed by atoms with van der Waals surface area (Å²) in [5.74, 6) is 1.32. The molecule has 0 aliphatic heterocycles. The van der Waals surface area contributed by atoms with Crippen LogP contribution >= 0.6 is 15.9 Å². The maximum absolute atomic E-state index is 11.9. The number of alkyl halides is 1. The molecule has 0 aromatic carbocycles. The van der Waals surface area contributed by atoms with Crippen molar-refractivity contribution in [3.05, 3.63) is 11.6 Å². The topological polar surface area (TPSA) is 66.8 Å². The lowest BCUT2D eigenvalue weighted by Crippen LogP contribution is -2.52. The summed E-state index contributed by atoms with van der Waals surface area (Å²) in [6, 6.07) is 0. The minimum atomic E-state index is -0.443. The fourth-order valence-electron chi connectivity index (χ4n) is 6.61. The van der Waals surface area contributed by atoms with Crippen molar-refractivity contribution < 1.29 is 19.7 Å². The van der Waals surface area contributed by atoms with E-state index in [-0.39, 0.29) is 34.3 Å². The number of rotatable bonds is 2. The number of hydrogen-bond donors (Lipinski definition) is 2. The SMILES string of the molecule is CCC(=O)O[C@H]1[C@H](Br)CC2C3C(CC[C@@H]21)[C@@]1(C)CC[C@H](O)CC1=C[C@@H]3O. The van der Waals surface area contributed by atoms with Crippen LogP contribution in [0.3, 0.4) is 0 Å². The first-order chi connectivity index (χ1) is 12.3. The highest BCUT2D eigenvalue weighted by Gasteiger charge is 2.58. The number of fused-ring (bicyclic) bond motifs is 5. The van der Waals surface area contributed by atoms with Crippen molar-refractivity contribution in [3.63, 3.8) is 0 Å². The zero-order chi connectivity index (χ0) is 18.6. The average molecular weight is 427 g/mol.